The highest BCUT2D eigenvalue weighted by Gasteiger charge is 2.07. The van der Waals surface area contributed by atoms with E-state index in [1.165, 1.54) is 0 Å². The molecule has 0 aromatic heterocycles. The zero-order valence-corrected chi connectivity index (χ0v) is 22.5. The first kappa shape index (κ1) is 31.2. The Balaban J connectivity index is 1.40. The molecule has 0 saturated heterocycles. The third-order valence-electron chi connectivity index (χ3n) is 5.01. The second-order valence-electron chi connectivity index (χ2n) is 8.83. The lowest BCUT2D eigenvalue weighted by molar-refractivity contribution is -0.146. The van der Waals surface area contributed by atoms with Crippen molar-refractivity contribution in [1.82, 2.24) is 5.32 Å². The van der Waals surface area contributed by atoms with Crippen molar-refractivity contribution in [1.29, 1.82) is 0 Å². The van der Waals surface area contributed by atoms with Gasteiger partial charge in [0.15, 0.2) is 0 Å². The van der Waals surface area contributed by atoms with E-state index in [0.717, 1.165) is 5.56 Å². The molecule has 0 bridgehead atoms. The van der Waals surface area contributed by atoms with E-state index in [1.807, 2.05) is 30.3 Å². The molecule has 38 heavy (non-hydrogen) atoms. The van der Waals surface area contributed by atoms with Crippen molar-refractivity contribution in [3.05, 3.63) is 65.7 Å². The predicted molar refractivity (Wildman–Crippen MR) is 143 cm³/mol. The molecule has 0 aliphatic rings. The average molecular weight is 532 g/mol. The molecule has 9 heteroatoms. The molecule has 1 amide bonds. The number of rotatable bonds is 21. The molecular formula is C29H41NO8. The summed E-state index contributed by atoms with van der Waals surface area (Å²) in [6.45, 7) is 8.77. The molecule has 0 aliphatic heterocycles. The first-order valence-corrected chi connectivity index (χ1v) is 13.1. The largest absolute Gasteiger partial charge is 0.491 e. The molecule has 0 heterocycles. The number of hydrogen-bond acceptors (Lipinski definition) is 8. The van der Waals surface area contributed by atoms with Gasteiger partial charge in [-0.25, -0.2) is 0 Å². The van der Waals surface area contributed by atoms with E-state index >= 15 is 0 Å². The average Bonchev–Trinajstić information content (AvgIpc) is 2.92. The topological polar surface area (TPSA) is 102 Å². The molecule has 2 rings (SSSR count). The monoisotopic (exact) mass is 531 g/mol. The highest BCUT2D eigenvalue weighted by Crippen LogP contribution is 2.13. The van der Waals surface area contributed by atoms with Crippen molar-refractivity contribution < 1.29 is 38.0 Å². The van der Waals surface area contributed by atoms with Crippen LogP contribution in [-0.2, 0) is 35.1 Å². The molecule has 0 fully saturated rings. The Morgan fingerprint density at radius 2 is 1.45 bits per heavy atom. The summed E-state index contributed by atoms with van der Waals surface area (Å²) in [7, 11) is 0. The lowest BCUT2D eigenvalue weighted by Crippen LogP contribution is -2.27. The fourth-order valence-electron chi connectivity index (χ4n) is 3.11. The fourth-order valence-corrected chi connectivity index (χ4v) is 3.11. The Labute approximate surface area is 225 Å². The Kier molecular flexibility index (Phi) is 16.5. The first-order chi connectivity index (χ1) is 18.5. The zero-order valence-electron chi connectivity index (χ0n) is 22.5. The van der Waals surface area contributed by atoms with Gasteiger partial charge in [0, 0.05) is 18.7 Å². The van der Waals surface area contributed by atoms with Gasteiger partial charge in [0.05, 0.1) is 52.7 Å². The van der Waals surface area contributed by atoms with Crippen molar-refractivity contribution in [2.24, 2.45) is 5.92 Å². The van der Waals surface area contributed by atoms with Crippen LogP contribution < -0.4 is 10.1 Å². The maximum absolute atomic E-state index is 12.3. The lowest BCUT2D eigenvalue weighted by atomic mass is 10.2. The van der Waals surface area contributed by atoms with Crippen LogP contribution in [0.25, 0.3) is 0 Å². The second kappa shape index (κ2) is 20.0. The van der Waals surface area contributed by atoms with Crippen LogP contribution in [0, 0.1) is 5.92 Å². The van der Waals surface area contributed by atoms with Gasteiger partial charge >= 0.3 is 5.97 Å². The molecular weight excluding hydrogens is 490 g/mol. The van der Waals surface area contributed by atoms with Gasteiger partial charge in [-0.1, -0.05) is 50.2 Å². The SMILES string of the molecule is CC(C)COCCNC(=O)c1cccc(OCCOCCOCCOCCC(=O)OCc2ccccc2)c1. The summed E-state index contributed by atoms with van der Waals surface area (Å²) in [5.74, 6) is 0.623. The van der Waals surface area contributed by atoms with E-state index in [2.05, 4.69) is 19.2 Å². The minimum atomic E-state index is -0.289. The van der Waals surface area contributed by atoms with Gasteiger partial charge in [-0.3, -0.25) is 9.59 Å². The molecule has 0 unspecified atom stereocenters. The van der Waals surface area contributed by atoms with E-state index in [0.29, 0.717) is 83.2 Å². The molecule has 0 spiro atoms. The van der Waals surface area contributed by atoms with Crippen LogP contribution >= 0.6 is 0 Å². The normalized spacial score (nSPS) is 10.9. The third-order valence-corrected chi connectivity index (χ3v) is 5.01. The molecule has 0 aliphatic carbocycles. The van der Waals surface area contributed by atoms with Crippen LogP contribution in [0.3, 0.4) is 0 Å². The van der Waals surface area contributed by atoms with Crippen molar-refractivity contribution in [3.63, 3.8) is 0 Å². The summed E-state index contributed by atoms with van der Waals surface area (Å²) in [6, 6.07) is 16.6. The molecule has 1 N–H and O–H groups in total. The lowest BCUT2D eigenvalue weighted by Gasteiger charge is -2.10. The zero-order chi connectivity index (χ0) is 27.3. The standard InChI is InChI=1S/C29H41NO8/c1-24(2)22-36-14-12-30-29(32)26-9-6-10-27(21-26)37-20-19-35-18-17-34-16-15-33-13-11-28(31)38-23-25-7-4-3-5-8-25/h3-10,21,24H,11-20,22-23H2,1-2H3,(H,30,32). The third kappa shape index (κ3) is 15.3. The summed E-state index contributed by atoms with van der Waals surface area (Å²) in [6.07, 6.45) is 0.205. The fraction of sp³-hybridized carbons (Fsp3) is 0.517. The number of esters is 1. The van der Waals surface area contributed by atoms with Crippen LogP contribution in [0.5, 0.6) is 5.75 Å². The van der Waals surface area contributed by atoms with Crippen LogP contribution in [0.2, 0.25) is 0 Å². The van der Waals surface area contributed by atoms with Crippen LogP contribution in [-0.4, -0.2) is 77.9 Å². The number of carbonyl (C=O) groups is 2. The Hall–Kier alpha value is -2.98. The highest BCUT2D eigenvalue weighted by atomic mass is 16.6. The van der Waals surface area contributed by atoms with Gasteiger partial charge in [-0.2, -0.15) is 0 Å². The highest BCUT2D eigenvalue weighted by molar-refractivity contribution is 5.94. The number of amides is 1. The molecule has 210 valence electrons. The Morgan fingerprint density at radius 3 is 2.16 bits per heavy atom. The van der Waals surface area contributed by atoms with Gasteiger partial charge in [0.1, 0.15) is 19.0 Å². The Bertz CT molecular complexity index is 906. The summed E-state index contributed by atoms with van der Waals surface area (Å²) >= 11 is 0. The maximum Gasteiger partial charge on any atom is 0.308 e. The van der Waals surface area contributed by atoms with E-state index in [1.54, 1.807) is 24.3 Å². The molecule has 2 aromatic rings. The number of ether oxygens (including phenoxy) is 6. The van der Waals surface area contributed by atoms with Gasteiger partial charge < -0.3 is 33.7 Å². The molecule has 0 saturated carbocycles. The summed E-state index contributed by atoms with van der Waals surface area (Å²) < 4.78 is 32.7. The van der Waals surface area contributed by atoms with Gasteiger partial charge in [0.25, 0.3) is 5.91 Å². The minimum absolute atomic E-state index is 0.163. The smallest absolute Gasteiger partial charge is 0.308 e. The molecule has 9 nitrogen and oxygen atoms in total. The van der Waals surface area contributed by atoms with Gasteiger partial charge in [-0.15, -0.1) is 0 Å². The number of carbonyl (C=O) groups excluding carboxylic acids is 2. The summed E-state index contributed by atoms with van der Waals surface area (Å²) in [4.78, 5) is 24.0. The Morgan fingerprint density at radius 1 is 0.763 bits per heavy atom. The van der Waals surface area contributed by atoms with E-state index < -0.39 is 0 Å². The molecule has 0 atom stereocenters. The number of benzene rings is 2. The van der Waals surface area contributed by atoms with Crippen LogP contribution in [0.4, 0.5) is 0 Å². The number of hydrogen-bond donors (Lipinski definition) is 1. The number of nitrogens with one attached hydrogen (secondary N) is 1. The van der Waals surface area contributed by atoms with Crippen LogP contribution in [0.1, 0.15) is 36.2 Å². The first-order valence-electron chi connectivity index (χ1n) is 13.1. The molecule has 0 radical (unpaired) electrons. The van der Waals surface area contributed by atoms with Crippen LogP contribution in [0.15, 0.2) is 54.6 Å². The van der Waals surface area contributed by atoms with Crippen molar-refractivity contribution >= 4 is 11.9 Å². The predicted octanol–water partition coefficient (Wildman–Crippen LogP) is 3.65. The van der Waals surface area contributed by atoms with Crippen molar-refractivity contribution in [2.45, 2.75) is 26.9 Å². The second-order valence-corrected chi connectivity index (χ2v) is 8.83. The van der Waals surface area contributed by atoms with E-state index in [4.69, 9.17) is 28.4 Å². The van der Waals surface area contributed by atoms with Crippen molar-refractivity contribution in [2.75, 3.05) is 66.0 Å². The summed E-state index contributed by atoms with van der Waals surface area (Å²) in [5.41, 5.74) is 1.49. The maximum atomic E-state index is 12.3. The van der Waals surface area contributed by atoms with Gasteiger partial charge in [0.2, 0.25) is 0 Å². The van der Waals surface area contributed by atoms with E-state index in [9.17, 15) is 9.59 Å². The van der Waals surface area contributed by atoms with E-state index in [-0.39, 0.29) is 24.9 Å². The molecule has 2 aromatic carbocycles. The van der Waals surface area contributed by atoms with Gasteiger partial charge in [-0.05, 0) is 29.7 Å². The summed E-state index contributed by atoms with van der Waals surface area (Å²) in [5, 5.41) is 2.84. The minimum Gasteiger partial charge on any atom is -0.491 e. The van der Waals surface area contributed by atoms with Crippen molar-refractivity contribution in [3.8, 4) is 5.75 Å². The quantitative estimate of drug-likeness (QED) is 0.192.